The first-order valence-electron chi connectivity index (χ1n) is 9.57. The first kappa shape index (κ1) is 17.0. The van der Waals surface area contributed by atoms with Crippen LogP contribution < -0.4 is 0 Å². The lowest BCUT2D eigenvalue weighted by Crippen LogP contribution is -2.55. The van der Waals surface area contributed by atoms with Crippen LogP contribution in [0.2, 0.25) is 0 Å². The highest BCUT2D eigenvalue weighted by molar-refractivity contribution is 5.87. The molecule has 0 amide bonds. The van der Waals surface area contributed by atoms with Gasteiger partial charge in [-0.25, -0.2) is 0 Å². The summed E-state index contributed by atoms with van der Waals surface area (Å²) in [7, 11) is 0. The van der Waals surface area contributed by atoms with E-state index in [1.54, 1.807) is 0 Å². The number of aliphatic hydroxyl groups is 1. The molecule has 2 fully saturated rings. The third-order valence-corrected chi connectivity index (χ3v) is 7.65. The van der Waals surface area contributed by atoms with Crippen LogP contribution in [0.3, 0.4) is 0 Å². The third-order valence-electron chi connectivity index (χ3n) is 7.65. The smallest absolute Gasteiger partial charge is 0.307 e. The summed E-state index contributed by atoms with van der Waals surface area (Å²) in [5, 5.41) is 11.1. The van der Waals surface area contributed by atoms with Crippen molar-refractivity contribution >= 4 is 11.8 Å². The molecule has 0 radical (unpaired) electrons. The molecule has 136 valence electrons. The number of ketones is 1. The Morgan fingerprint density at radius 2 is 2.04 bits per heavy atom. The van der Waals surface area contributed by atoms with Crippen LogP contribution in [-0.2, 0) is 14.3 Å². The van der Waals surface area contributed by atoms with Crippen molar-refractivity contribution in [2.45, 2.75) is 65.4 Å². The van der Waals surface area contributed by atoms with Gasteiger partial charge in [0.15, 0.2) is 0 Å². The Balaban J connectivity index is 1.70. The first-order valence-corrected chi connectivity index (χ1v) is 9.57. The maximum atomic E-state index is 12.5. The zero-order chi connectivity index (χ0) is 18.0. The van der Waals surface area contributed by atoms with E-state index in [-0.39, 0.29) is 22.7 Å². The van der Waals surface area contributed by atoms with Crippen molar-refractivity contribution in [1.29, 1.82) is 0 Å². The molecule has 1 N–H and O–H groups in total. The lowest BCUT2D eigenvalue weighted by Gasteiger charge is -2.57. The molecule has 4 unspecified atom stereocenters. The molecule has 0 aromatic heterocycles. The van der Waals surface area contributed by atoms with Gasteiger partial charge in [-0.1, -0.05) is 19.9 Å². The number of carbonyl (C=O) groups is 2. The highest BCUT2D eigenvalue weighted by atomic mass is 16.5. The molecule has 4 rings (SSSR count). The molecule has 0 heterocycles. The number of hydrogen-bond acceptors (Lipinski definition) is 4. The number of esters is 1. The minimum atomic E-state index is -0.439. The summed E-state index contributed by atoms with van der Waals surface area (Å²) in [5.41, 5.74) is 0.762. The van der Waals surface area contributed by atoms with E-state index in [1.807, 2.05) is 6.08 Å². The van der Waals surface area contributed by atoms with Crippen LogP contribution >= 0.6 is 0 Å². The molecule has 0 bridgehead atoms. The SMILES string of the molecule is CC(=O)OC1=CC2=CCC3C(C(O)C[C@]4(C)C(=O)CCC34)[C@@]2(C)CC1. The number of Topliss-reactive ketones (excluding diaryl/α,β-unsaturated/α-hetero) is 1. The van der Waals surface area contributed by atoms with Gasteiger partial charge in [0.25, 0.3) is 0 Å². The summed E-state index contributed by atoms with van der Waals surface area (Å²) in [6.45, 7) is 5.76. The number of aliphatic hydroxyl groups excluding tert-OH is 1. The van der Waals surface area contributed by atoms with Crippen LogP contribution in [0, 0.1) is 28.6 Å². The molecule has 0 aromatic rings. The topological polar surface area (TPSA) is 63.6 Å². The standard InChI is InChI=1S/C21H28O4/c1-12(22)25-14-8-9-20(2)13(10-14)4-5-15-16-6-7-18(24)21(16,3)11-17(23)19(15)20/h4,10,15-17,19,23H,5-9,11H2,1-3H3/t15?,16?,17?,19?,20-,21-/m0/s1. The van der Waals surface area contributed by atoms with Crippen molar-refractivity contribution in [2.24, 2.45) is 28.6 Å². The highest BCUT2D eigenvalue weighted by Crippen LogP contribution is 2.63. The number of fused-ring (bicyclic) bond motifs is 5. The van der Waals surface area contributed by atoms with E-state index < -0.39 is 6.10 Å². The fourth-order valence-electron chi connectivity index (χ4n) is 6.47. The Morgan fingerprint density at radius 3 is 2.76 bits per heavy atom. The second kappa shape index (κ2) is 5.54. The summed E-state index contributed by atoms with van der Waals surface area (Å²) in [6, 6.07) is 0. The van der Waals surface area contributed by atoms with Crippen molar-refractivity contribution < 1.29 is 19.4 Å². The zero-order valence-electron chi connectivity index (χ0n) is 15.4. The number of ether oxygens (including phenoxy) is 1. The molecule has 0 spiro atoms. The second-order valence-electron chi connectivity index (χ2n) is 8.96. The number of rotatable bonds is 1. The van der Waals surface area contributed by atoms with Gasteiger partial charge in [0.2, 0.25) is 0 Å². The van der Waals surface area contributed by atoms with Gasteiger partial charge in [-0.3, -0.25) is 9.59 Å². The van der Waals surface area contributed by atoms with E-state index in [1.165, 1.54) is 12.5 Å². The lowest BCUT2D eigenvalue weighted by atomic mass is 9.48. The van der Waals surface area contributed by atoms with Crippen molar-refractivity contribution in [3.8, 4) is 0 Å². The summed E-state index contributed by atoms with van der Waals surface area (Å²) >= 11 is 0. The zero-order valence-corrected chi connectivity index (χ0v) is 15.4. The summed E-state index contributed by atoms with van der Waals surface area (Å²) < 4.78 is 5.32. The molecule has 25 heavy (non-hydrogen) atoms. The Bertz CT molecular complexity index is 690. The van der Waals surface area contributed by atoms with E-state index in [9.17, 15) is 14.7 Å². The Hall–Kier alpha value is -1.42. The van der Waals surface area contributed by atoms with E-state index in [0.29, 0.717) is 30.5 Å². The molecule has 0 aliphatic heterocycles. The van der Waals surface area contributed by atoms with Crippen LogP contribution in [-0.4, -0.2) is 23.0 Å². The molecule has 4 aliphatic rings. The van der Waals surface area contributed by atoms with E-state index in [2.05, 4.69) is 19.9 Å². The average molecular weight is 344 g/mol. The van der Waals surface area contributed by atoms with Gasteiger partial charge < -0.3 is 9.84 Å². The molecule has 4 heteroatoms. The maximum Gasteiger partial charge on any atom is 0.307 e. The minimum absolute atomic E-state index is 0.0983. The van der Waals surface area contributed by atoms with Crippen LogP contribution in [0.15, 0.2) is 23.5 Å². The fraction of sp³-hybridized carbons (Fsp3) is 0.714. The minimum Gasteiger partial charge on any atom is -0.431 e. The van der Waals surface area contributed by atoms with Gasteiger partial charge in [-0.05, 0) is 60.5 Å². The van der Waals surface area contributed by atoms with Crippen LogP contribution in [0.25, 0.3) is 0 Å². The van der Waals surface area contributed by atoms with Crippen molar-refractivity contribution in [3.05, 3.63) is 23.5 Å². The average Bonchev–Trinajstić information content (AvgIpc) is 2.82. The van der Waals surface area contributed by atoms with E-state index >= 15 is 0 Å². The largest absolute Gasteiger partial charge is 0.431 e. The van der Waals surface area contributed by atoms with Crippen LogP contribution in [0.5, 0.6) is 0 Å². The number of hydrogen-bond donors (Lipinski definition) is 1. The van der Waals surface area contributed by atoms with Gasteiger partial charge in [0.1, 0.15) is 11.5 Å². The molecular weight excluding hydrogens is 316 g/mol. The molecule has 4 nitrogen and oxygen atoms in total. The predicted molar refractivity (Wildman–Crippen MR) is 93.3 cm³/mol. The highest BCUT2D eigenvalue weighted by Gasteiger charge is 2.61. The van der Waals surface area contributed by atoms with Crippen LogP contribution in [0.4, 0.5) is 0 Å². The van der Waals surface area contributed by atoms with Crippen molar-refractivity contribution in [2.75, 3.05) is 0 Å². The quantitative estimate of drug-likeness (QED) is 0.739. The second-order valence-corrected chi connectivity index (χ2v) is 8.96. The lowest BCUT2D eigenvalue weighted by molar-refractivity contribution is -0.143. The normalized spacial score (nSPS) is 45.7. The predicted octanol–water partition coefficient (Wildman–Crippen LogP) is 3.55. The molecule has 6 atom stereocenters. The van der Waals surface area contributed by atoms with E-state index in [4.69, 9.17) is 4.74 Å². The Kier molecular flexibility index (Phi) is 3.77. The molecular formula is C21H28O4. The summed E-state index contributed by atoms with van der Waals surface area (Å²) in [5.74, 6) is 1.75. The molecule has 0 aromatic carbocycles. The van der Waals surface area contributed by atoms with Gasteiger partial charge in [0.05, 0.1) is 6.10 Å². The van der Waals surface area contributed by atoms with Gasteiger partial charge in [0, 0.05) is 25.2 Å². The van der Waals surface area contributed by atoms with Crippen LogP contribution in [0.1, 0.15) is 59.3 Å². The molecule has 0 saturated heterocycles. The van der Waals surface area contributed by atoms with Gasteiger partial charge >= 0.3 is 5.97 Å². The van der Waals surface area contributed by atoms with E-state index in [0.717, 1.165) is 31.4 Å². The molecule has 2 saturated carbocycles. The Labute approximate surface area is 149 Å². The first-order chi connectivity index (χ1) is 11.8. The number of carbonyl (C=O) groups excluding carboxylic acids is 2. The molecule has 4 aliphatic carbocycles. The summed E-state index contributed by atoms with van der Waals surface area (Å²) in [6.07, 6.45) is 8.60. The fourth-order valence-corrected chi connectivity index (χ4v) is 6.47. The maximum absolute atomic E-state index is 12.5. The number of allylic oxidation sites excluding steroid dienone is 4. The monoisotopic (exact) mass is 344 g/mol. The van der Waals surface area contributed by atoms with Gasteiger partial charge in [-0.15, -0.1) is 0 Å². The van der Waals surface area contributed by atoms with Crippen molar-refractivity contribution in [1.82, 2.24) is 0 Å². The summed E-state index contributed by atoms with van der Waals surface area (Å²) in [4.78, 5) is 23.7. The third kappa shape index (κ3) is 2.37. The van der Waals surface area contributed by atoms with Gasteiger partial charge in [-0.2, -0.15) is 0 Å². The Morgan fingerprint density at radius 1 is 1.28 bits per heavy atom. The van der Waals surface area contributed by atoms with Crippen molar-refractivity contribution in [3.63, 3.8) is 0 Å².